The van der Waals surface area contributed by atoms with Crippen molar-refractivity contribution in [1.29, 1.82) is 0 Å². The highest BCUT2D eigenvalue weighted by molar-refractivity contribution is 7.90. The first-order chi connectivity index (χ1) is 14.3. The van der Waals surface area contributed by atoms with Gasteiger partial charge in [-0.3, -0.25) is 0 Å². The lowest BCUT2D eigenvalue weighted by molar-refractivity contribution is 0.586. The maximum absolute atomic E-state index is 14.9. The first kappa shape index (κ1) is 20.0. The van der Waals surface area contributed by atoms with Crippen LogP contribution in [0.5, 0.6) is 0 Å². The van der Waals surface area contributed by atoms with Gasteiger partial charge in [0.25, 0.3) is 10.0 Å². The highest BCUT2D eigenvalue weighted by atomic mass is 32.2. The normalized spacial score (nSPS) is 17.0. The van der Waals surface area contributed by atoms with Crippen LogP contribution in [0.25, 0.3) is 0 Å². The average molecular weight is 429 g/mol. The second-order valence-corrected chi connectivity index (χ2v) is 8.64. The summed E-state index contributed by atoms with van der Waals surface area (Å²) in [5.74, 6) is -1.36. The van der Waals surface area contributed by atoms with E-state index in [1.54, 1.807) is 12.1 Å². The number of fused-ring (bicyclic) bond motifs is 1. The first-order valence-electron chi connectivity index (χ1n) is 9.31. The second-order valence-electron chi connectivity index (χ2n) is 6.99. The second kappa shape index (κ2) is 7.87. The van der Waals surface area contributed by atoms with E-state index in [9.17, 15) is 17.2 Å². The Kier molecular flexibility index (Phi) is 5.26. The number of nitrogens with zero attached hydrogens (tertiary/aromatic N) is 1. The first-order valence-corrected chi connectivity index (χ1v) is 10.8. The minimum absolute atomic E-state index is 0. The van der Waals surface area contributed by atoms with Crippen LogP contribution in [0.2, 0.25) is 0 Å². The van der Waals surface area contributed by atoms with E-state index in [-0.39, 0.29) is 30.1 Å². The number of hydrogen-bond donors (Lipinski definition) is 2. The summed E-state index contributed by atoms with van der Waals surface area (Å²) < 4.78 is 56.1. The molecule has 0 bridgehead atoms. The highest BCUT2D eigenvalue weighted by Crippen LogP contribution is 2.38. The van der Waals surface area contributed by atoms with E-state index in [0.717, 1.165) is 11.6 Å². The monoisotopic (exact) mass is 429 g/mol. The molecule has 3 aromatic carbocycles. The Balaban J connectivity index is 0.00000272. The third-order valence-corrected chi connectivity index (χ3v) is 6.34. The summed E-state index contributed by atoms with van der Waals surface area (Å²) in [4.78, 5) is 4.17. The summed E-state index contributed by atoms with van der Waals surface area (Å²) in [7, 11) is -3.94. The molecular weight excluding hydrogens is 408 g/mol. The van der Waals surface area contributed by atoms with E-state index in [4.69, 9.17) is 0 Å². The molecule has 0 fully saturated rings. The largest absolute Gasteiger partial charge is 0.324 e. The Morgan fingerprint density at radius 2 is 1.80 bits per heavy atom. The van der Waals surface area contributed by atoms with Crippen LogP contribution in [0.3, 0.4) is 0 Å². The van der Waals surface area contributed by atoms with Crippen LogP contribution in [0, 0.1) is 11.6 Å². The van der Waals surface area contributed by atoms with Crippen LogP contribution in [-0.2, 0) is 16.6 Å². The Hall–Kier alpha value is -3.26. The number of rotatable bonds is 4. The molecule has 0 saturated carbocycles. The lowest BCUT2D eigenvalue weighted by Crippen LogP contribution is -2.41. The van der Waals surface area contributed by atoms with Crippen LogP contribution >= 0.6 is 0 Å². The van der Waals surface area contributed by atoms with Crippen molar-refractivity contribution in [3.63, 3.8) is 0 Å². The van der Waals surface area contributed by atoms with Crippen molar-refractivity contribution in [3.8, 4) is 0 Å². The SMILES string of the molecule is C[C@@H](c1ccccc1)c1c(F)ccc2c1NC(=NCc1cccc(F)c1)NS2(=O)=O.[HH]. The fourth-order valence-corrected chi connectivity index (χ4v) is 4.62. The van der Waals surface area contributed by atoms with E-state index in [2.05, 4.69) is 15.0 Å². The quantitative estimate of drug-likeness (QED) is 0.636. The molecule has 8 heteroatoms. The Morgan fingerprint density at radius 1 is 1.03 bits per heavy atom. The molecule has 1 atom stereocenters. The van der Waals surface area contributed by atoms with E-state index < -0.39 is 27.6 Å². The number of aliphatic imine (C=N–C) groups is 1. The van der Waals surface area contributed by atoms with Crippen LogP contribution in [0.15, 0.2) is 76.6 Å². The van der Waals surface area contributed by atoms with E-state index in [1.807, 2.05) is 37.3 Å². The lowest BCUT2D eigenvalue weighted by Gasteiger charge is -2.26. The molecule has 1 aliphatic heterocycles. The topological polar surface area (TPSA) is 70.6 Å². The van der Waals surface area contributed by atoms with Crippen molar-refractivity contribution < 1.29 is 18.6 Å². The van der Waals surface area contributed by atoms with Gasteiger partial charge in [-0.15, -0.1) is 0 Å². The van der Waals surface area contributed by atoms with Gasteiger partial charge in [0.15, 0.2) is 0 Å². The van der Waals surface area contributed by atoms with Crippen molar-refractivity contribution in [3.05, 3.63) is 95.1 Å². The Morgan fingerprint density at radius 3 is 2.53 bits per heavy atom. The number of anilines is 1. The van der Waals surface area contributed by atoms with Gasteiger partial charge in [-0.1, -0.05) is 49.4 Å². The number of guanidine groups is 1. The smallest absolute Gasteiger partial charge is 0.266 e. The third kappa shape index (κ3) is 3.91. The summed E-state index contributed by atoms with van der Waals surface area (Å²) >= 11 is 0. The Labute approximate surface area is 175 Å². The van der Waals surface area contributed by atoms with Gasteiger partial charge in [0, 0.05) is 12.9 Å². The number of benzene rings is 3. The molecule has 0 unspecified atom stereocenters. The molecule has 0 saturated heterocycles. The number of sulfonamides is 1. The van der Waals surface area contributed by atoms with Crippen LogP contribution in [0.4, 0.5) is 14.5 Å². The number of nitrogens with one attached hydrogen (secondary N) is 2. The third-order valence-electron chi connectivity index (χ3n) is 4.96. The molecular formula is C22H21F2N3O2S. The fourth-order valence-electron chi connectivity index (χ4n) is 3.46. The maximum Gasteiger partial charge on any atom is 0.266 e. The maximum atomic E-state index is 14.9. The van der Waals surface area contributed by atoms with Crippen molar-refractivity contribution in [2.75, 3.05) is 5.32 Å². The summed E-state index contributed by atoms with van der Waals surface area (Å²) in [5.41, 5.74) is 1.82. The number of halogens is 2. The van der Waals surface area contributed by atoms with Gasteiger partial charge in [0.2, 0.25) is 5.96 Å². The number of hydrogen-bond acceptors (Lipinski definition) is 3. The average Bonchev–Trinajstić information content (AvgIpc) is 2.72. The standard InChI is InChI=1S/C22H19F2N3O2S.H2/c1-14(16-7-3-2-4-8-16)20-18(24)10-11-19-21(20)26-22(27-30(19,28)29)25-13-15-6-5-9-17(23)12-15;/h2-12,14H,13H2,1H3,(H2,25,26,27);1H/t14-;/m0./s1. The molecule has 4 rings (SSSR count). The molecule has 30 heavy (non-hydrogen) atoms. The molecule has 1 aliphatic rings. The molecule has 3 aromatic rings. The molecule has 0 aliphatic carbocycles. The van der Waals surface area contributed by atoms with Crippen molar-refractivity contribution in [1.82, 2.24) is 4.72 Å². The summed E-state index contributed by atoms with van der Waals surface area (Å²) in [6.45, 7) is 1.87. The van der Waals surface area contributed by atoms with Crippen LogP contribution in [0.1, 0.15) is 31.0 Å². The molecule has 0 spiro atoms. The molecule has 0 amide bonds. The zero-order valence-electron chi connectivity index (χ0n) is 16.1. The predicted octanol–water partition coefficient (Wildman–Crippen LogP) is 4.62. The van der Waals surface area contributed by atoms with Gasteiger partial charge in [-0.2, -0.15) is 0 Å². The van der Waals surface area contributed by atoms with Gasteiger partial charge in [0.05, 0.1) is 12.2 Å². The molecule has 5 nitrogen and oxygen atoms in total. The molecule has 0 aromatic heterocycles. The Bertz CT molecular complexity index is 1230. The van der Waals surface area contributed by atoms with Gasteiger partial charge in [0.1, 0.15) is 16.5 Å². The molecule has 1 heterocycles. The summed E-state index contributed by atoms with van der Waals surface area (Å²) in [6, 6.07) is 17.5. The van der Waals surface area contributed by atoms with Gasteiger partial charge in [-0.25, -0.2) is 26.9 Å². The van der Waals surface area contributed by atoms with Crippen molar-refractivity contribution >= 4 is 21.7 Å². The molecule has 2 N–H and O–H groups in total. The van der Waals surface area contributed by atoms with Crippen molar-refractivity contribution in [2.24, 2.45) is 4.99 Å². The van der Waals surface area contributed by atoms with Crippen LogP contribution < -0.4 is 10.0 Å². The highest BCUT2D eigenvalue weighted by Gasteiger charge is 2.31. The minimum atomic E-state index is -3.94. The van der Waals surface area contributed by atoms with Crippen molar-refractivity contribution in [2.45, 2.75) is 24.3 Å². The van der Waals surface area contributed by atoms with Gasteiger partial charge in [-0.05, 0) is 35.4 Å². The van der Waals surface area contributed by atoms with E-state index in [0.29, 0.717) is 5.56 Å². The summed E-state index contributed by atoms with van der Waals surface area (Å²) in [6.07, 6.45) is 0. The summed E-state index contributed by atoms with van der Waals surface area (Å²) in [5, 5.41) is 2.92. The van der Waals surface area contributed by atoms with Crippen LogP contribution in [-0.4, -0.2) is 14.4 Å². The van der Waals surface area contributed by atoms with Gasteiger partial charge >= 0.3 is 0 Å². The van der Waals surface area contributed by atoms with Gasteiger partial charge < -0.3 is 5.32 Å². The minimum Gasteiger partial charge on any atom is -0.324 e. The van der Waals surface area contributed by atoms with E-state index in [1.165, 1.54) is 18.2 Å². The zero-order chi connectivity index (χ0) is 21.3. The fraction of sp³-hybridized carbons (Fsp3) is 0.136. The molecule has 156 valence electrons. The predicted molar refractivity (Wildman–Crippen MR) is 114 cm³/mol. The van der Waals surface area contributed by atoms with E-state index >= 15 is 0 Å². The lowest BCUT2D eigenvalue weighted by atomic mass is 9.91. The molecule has 0 radical (unpaired) electrons. The zero-order valence-corrected chi connectivity index (χ0v) is 16.9.